The van der Waals surface area contributed by atoms with Gasteiger partial charge in [-0.1, -0.05) is 71.9 Å². The number of nitrogens with zero attached hydrogens (tertiary/aromatic N) is 2. The average molecular weight is 485 g/mol. The van der Waals surface area contributed by atoms with Gasteiger partial charge in [-0.25, -0.2) is 9.78 Å². The van der Waals surface area contributed by atoms with Gasteiger partial charge >= 0.3 is 5.97 Å². The molecule has 3 aromatic carbocycles. The molecule has 0 atom stereocenters. The second kappa shape index (κ2) is 9.80. The van der Waals surface area contributed by atoms with Gasteiger partial charge in [0.15, 0.2) is 5.16 Å². The number of furan rings is 1. The summed E-state index contributed by atoms with van der Waals surface area (Å²) in [4.78, 5) is 30.9. The number of aromatic nitrogens is 2. The normalized spacial score (nSPS) is 11.3. The van der Waals surface area contributed by atoms with Crippen molar-refractivity contribution in [1.82, 2.24) is 9.55 Å². The first-order chi connectivity index (χ1) is 17.0. The first-order valence-electron chi connectivity index (χ1n) is 11.4. The fourth-order valence-corrected chi connectivity index (χ4v) is 5.04. The number of thioether (sulfide) groups is 1. The van der Waals surface area contributed by atoms with Crippen molar-refractivity contribution in [2.24, 2.45) is 0 Å². The van der Waals surface area contributed by atoms with Crippen LogP contribution in [0.3, 0.4) is 0 Å². The summed E-state index contributed by atoms with van der Waals surface area (Å²) < 4.78 is 12.8. The fourth-order valence-electron chi connectivity index (χ4n) is 4.01. The van der Waals surface area contributed by atoms with Crippen LogP contribution in [0, 0.1) is 6.92 Å². The third-order valence-corrected chi connectivity index (χ3v) is 6.80. The third kappa shape index (κ3) is 4.59. The van der Waals surface area contributed by atoms with Crippen LogP contribution in [0.1, 0.15) is 34.2 Å². The molecule has 0 amide bonds. The van der Waals surface area contributed by atoms with Gasteiger partial charge in [0, 0.05) is 16.7 Å². The number of ether oxygens (including phenoxy) is 1. The molecular weight excluding hydrogens is 460 g/mol. The molecule has 176 valence electrons. The van der Waals surface area contributed by atoms with Crippen LogP contribution in [0.2, 0.25) is 0 Å². The number of rotatable bonds is 7. The van der Waals surface area contributed by atoms with Crippen molar-refractivity contribution in [2.45, 2.75) is 31.3 Å². The van der Waals surface area contributed by atoms with Crippen molar-refractivity contribution in [3.05, 3.63) is 106 Å². The largest absolute Gasteiger partial charge is 0.460 e. The molecule has 6 nitrogen and oxygen atoms in total. The SMILES string of the molecule is CCOC(=O)c1oc2ccccc2c1CSc1nc2ccccc2c(=O)n1Cc1ccc(C)cc1. The number of carbonyl (C=O) groups is 1. The van der Waals surface area contributed by atoms with Gasteiger partial charge < -0.3 is 9.15 Å². The molecule has 0 aliphatic heterocycles. The Kier molecular flexibility index (Phi) is 6.42. The topological polar surface area (TPSA) is 74.3 Å². The first kappa shape index (κ1) is 22.9. The lowest BCUT2D eigenvalue weighted by molar-refractivity contribution is 0.0491. The molecule has 0 spiro atoms. The van der Waals surface area contributed by atoms with Crippen molar-refractivity contribution in [3.8, 4) is 0 Å². The Morgan fingerprint density at radius 1 is 1.00 bits per heavy atom. The molecule has 0 N–H and O–H groups in total. The Balaban J connectivity index is 1.57. The standard InChI is InChI=1S/C28H24N2O4S/c1-3-33-27(32)25-22(20-8-5-7-11-24(20)34-25)17-35-28-29-23-10-6-4-9-21(23)26(31)30(28)16-19-14-12-18(2)13-15-19/h4-15H,3,16-17H2,1-2H3. The van der Waals surface area contributed by atoms with Gasteiger partial charge in [0.2, 0.25) is 5.76 Å². The molecule has 0 saturated heterocycles. The molecule has 0 fully saturated rings. The zero-order valence-electron chi connectivity index (χ0n) is 19.5. The van der Waals surface area contributed by atoms with E-state index in [1.807, 2.05) is 73.7 Å². The molecule has 7 heteroatoms. The van der Waals surface area contributed by atoms with Crippen molar-refractivity contribution in [2.75, 3.05) is 6.61 Å². The zero-order chi connectivity index (χ0) is 24.4. The molecule has 0 radical (unpaired) electrons. The number of hydrogen-bond donors (Lipinski definition) is 0. The van der Waals surface area contributed by atoms with Gasteiger partial charge in [-0.15, -0.1) is 0 Å². The number of aryl methyl sites for hydroxylation is 1. The Bertz CT molecular complexity index is 1590. The van der Waals surface area contributed by atoms with Crippen molar-refractivity contribution < 1.29 is 13.9 Å². The number of benzene rings is 3. The van der Waals surface area contributed by atoms with Crippen molar-refractivity contribution in [3.63, 3.8) is 0 Å². The lowest BCUT2D eigenvalue weighted by atomic mass is 10.1. The van der Waals surface area contributed by atoms with Gasteiger partial charge in [0.25, 0.3) is 5.56 Å². The molecule has 2 heterocycles. The number of esters is 1. The maximum Gasteiger partial charge on any atom is 0.374 e. The second-order valence-corrected chi connectivity index (χ2v) is 9.15. The van der Waals surface area contributed by atoms with E-state index in [-0.39, 0.29) is 17.9 Å². The van der Waals surface area contributed by atoms with Crippen molar-refractivity contribution in [1.29, 1.82) is 0 Å². The van der Waals surface area contributed by atoms with Gasteiger partial charge in [-0.3, -0.25) is 9.36 Å². The number of para-hydroxylation sites is 2. The maximum absolute atomic E-state index is 13.5. The molecule has 0 aliphatic carbocycles. The molecule has 0 saturated carbocycles. The van der Waals surface area contributed by atoms with Crippen LogP contribution in [-0.2, 0) is 17.0 Å². The minimum Gasteiger partial charge on any atom is -0.460 e. The van der Waals surface area contributed by atoms with E-state index in [0.717, 1.165) is 22.1 Å². The van der Waals surface area contributed by atoms with E-state index < -0.39 is 5.97 Å². The summed E-state index contributed by atoms with van der Waals surface area (Å²) in [5, 5.41) is 2.00. The summed E-state index contributed by atoms with van der Waals surface area (Å²) in [6.45, 7) is 4.45. The van der Waals surface area contributed by atoms with E-state index in [4.69, 9.17) is 14.1 Å². The lowest BCUT2D eigenvalue weighted by Crippen LogP contribution is -2.24. The maximum atomic E-state index is 13.5. The average Bonchev–Trinajstić information content (AvgIpc) is 3.25. The first-order valence-corrected chi connectivity index (χ1v) is 12.4. The van der Waals surface area contributed by atoms with Crippen molar-refractivity contribution >= 4 is 39.6 Å². The molecule has 0 unspecified atom stereocenters. The monoisotopic (exact) mass is 484 g/mol. The van der Waals surface area contributed by atoms with Gasteiger partial charge in [-0.05, 0) is 37.6 Å². The fraction of sp³-hybridized carbons (Fsp3) is 0.179. The summed E-state index contributed by atoms with van der Waals surface area (Å²) in [6.07, 6.45) is 0. The van der Waals surface area contributed by atoms with E-state index in [0.29, 0.717) is 33.9 Å². The highest BCUT2D eigenvalue weighted by Gasteiger charge is 2.22. The quantitative estimate of drug-likeness (QED) is 0.161. The minimum absolute atomic E-state index is 0.0960. The Morgan fingerprint density at radius 2 is 1.71 bits per heavy atom. The van der Waals surface area contributed by atoms with Crippen LogP contribution in [0.15, 0.2) is 87.2 Å². The predicted octanol–water partition coefficient (Wildman–Crippen LogP) is 5.97. The molecule has 35 heavy (non-hydrogen) atoms. The number of hydrogen-bond acceptors (Lipinski definition) is 6. The van der Waals surface area contributed by atoms with Gasteiger partial charge in [0.05, 0.1) is 24.1 Å². The molecule has 2 aromatic heterocycles. The molecular formula is C28H24N2O4S. The van der Waals surface area contributed by atoms with E-state index in [2.05, 4.69) is 0 Å². The van der Waals surface area contributed by atoms with Gasteiger partial charge in [0.1, 0.15) is 5.58 Å². The number of carbonyl (C=O) groups excluding carboxylic acids is 1. The van der Waals surface area contributed by atoms with E-state index in [1.165, 1.54) is 11.8 Å². The zero-order valence-corrected chi connectivity index (χ0v) is 20.3. The Morgan fingerprint density at radius 3 is 2.49 bits per heavy atom. The molecule has 0 aliphatic rings. The second-order valence-electron chi connectivity index (χ2n) is 8.20. The highest BCUT2D eigenvalue weighted by molar-refractivity contribution is 7.98. The summed E-state index contributed by atoms with van der Waals surface area (Å²) in [5.74, 6) is 0.0840. The summed E-state index contributed by atoms with van der Waals surface area (Å²) >= 11 is 1.40. The summed E-state index contributed by atoms with van der Waals surface area (Å²) in [7, 11) is 0. The van der Waals surface area contributed by atoms with Crippen LogP contribution in [0.25, 0.3) is 21.9 Å². The Hall–Kier alpha value is -3.84. The van der Waals surface area contributed by atoms with E-state index >= 15 is 0 Å². The number of fused-ring (bicyclic) bond motifs is 2. The highest BCUT2D eigenvalue weighted by Crippen LogP contribution is 2.32. The van der Waals surface area contributed by atoms with Crippen LogP contribution < -0.4 is 5.56 Å². The predicted molar refractivity (Wildman–Crippen MR) is 138 cm³/mol. The third-order valence-electron chi connectivity index (χ3n) is 5.79. The van der Waals surface area contributed by atoms with Gasteiger partial charge in [-0.2, -0.15) is 0 Å². The smallest absolute Gasteiger partial charge is 0.374 e. The lowest BCUT2D eigenvalue weighted by Gasteiger charge is -2.13. The highest BCUT2D eigenvalue weighted by atomic mass is 32.2. The summed E-state index contributed by atoms with van der Waals surface area (Å²) in [6, 6.07) is 23.0. The van der Waals surface area contributed by atoms with E-state index in [9.17, 15) is 9.59 Å². The minimum atomic E-state index is -0.497. The summed E-state index contributed by atoms with van der Waals surface area (Å²) in [5.41, 5.74) is 4.07. The molecule has 0 bridgehead atoms. The molecule has 5 rings (SSSR count). The molecule has 5 aromatic rings. The van der Waals surface area contributed by atoms with Crippen LogP contribution in [-0.4, -0.2) is 22.1 Å². The Labute approximate surface area is 206 Å². The van der Waals surface area contributed by atoms with Crippen LogP contribution in [0.5, 0.6) is 0 Å². The van der Waals surface area contributed by atoms with Crippen LogP contribution >= 0.6 is 11.8 Å². The van der Waals surface area contributed by atoms with E-state index in [1.54, 1.807) is 17.6 Å². The van der Waals surface area contributed by atoms with Crippen LogP contribution in [0.4, 0.5) is 0 Å².